The molecule has 0 spiro atoms. The van der Waals surface area contributed by atoms with E-state index in [0.717, 1.165) is 5.69 Å². The van der Waals surface area contributed by atoms with Crippen LogP contribution < -0.4 is 9.64 Å². The summed E-state index contributed by atoms with van der Waals surface area (Å²) in [6.45, 7) is 2.13. The molecular weight excluding hydrogens is 455 g/mol. The number of piperazine rings is 1. The second kappa shape index (κ2) is 8.26. The molecule has 1 aliphatic rings. The van der Waals surface area contributed by atoms with Gasteiger partial charge in [-0.15, -0.1) is 0 Å². The van der Waals surface area contributed by atoms with Crippen molar-refractivity contribution in [2.45, 2.75) is 0 Å². The summed E-state index contributed by atoms with van der Waals surface area (Å²) < 4.78 is 9.89. The maximum absolute atomic E-state index is 12.8. The Morgan fingerprint density at radius 3 is 2.27 bits per heavy atom. The van der Waals surface area contributed by atoms with E-state index in [2.05, 4.69) is 9.64 Å². The molecule has 4 rings (SSSR count). The number of fused-ring (bicyclic) bond motifs is 1. The third-order valence-corrected chi connectivity index (χ3v) is 5.63. The Morgan fingerprint density at radius 2 is 1.63 bits per heavy atom. The Kier molecular flexibility index (Phi) is 5.69. The van der Waals surface area contributed by atoms with Crippen molar-refractivity contribution < 1.29 is 23.8 Å². The normalized spacial score (nSPS) is 14.2. The van der Waals surface area contributed by atoms with Crippen molar-refractivity contribution in [1.82, 2.24) is 4.90 Å². The van der Waals surface area contributed by atoms with Crippen molar-refractivity contribution in [2.24, 2.45) is 0 Å². The van der Waals surface area contributed by atoms with Crippen LogP contribution in [-0.2, 0) is 0 Å². The fraction of sp³-hybridized carbons (Fsp3) is 0.200. The van der Waals surface area contributed by atoms with Gasteiger partial charge in [0.15, 0.2) is 0 Å². The van der Waals surface area contributed by atoms with E-state index in [-0.39, 0.29) is 11.9 Å². The van der Waals surface area contributed by atoms with Crippen LogP contribution in [0.25, 0.3) is 11.0 Å². The summed E-state index contributed by atoms with van der Waals surface area (Å²) in [5.74, 6) is -0.280. The van der Waals surface area contributed by atoms with Crippen LogP contribution in [0.5, 0.6) is 5.95 Å². The predicted octanol–water partition coefficient (Wildman–Crippen LogP) is 5.41. The van der Waals surface area contributed by atoms with Gasteiger partial charge in [0, 0.05) is 53.2 Å². The van der Waals surface area contributed by atoms with Crippen molar-refractivity contribution in [3.63, 3.8) is 0 Å². The van der Waals surface area contributed by atoms with Crippen molar-refractivity contribution in [3.05, 3.63) is 57.0 Å². The van der Waals surface area contributed by atoms with Gasteiger partial charge in [-0.25, -0.2) is 4.79 Å². The first-order valence-electron chi connectivity index (χ1n) is 8.95. The zero-order valence-corrected chi connectivity index (χ0v) is 17.7. The molecule has 0 aliphatic carbocycles. The molecule has 0 saturated carbocycles. The number of carbonyl (C=O) groups excluding carboxylic acids is 1. The third kappa shape index (κ3) is 4.14. The van der Waals surface area contributed by atoms with Crippen molar-refractivity contribution in [3.8, 4) is 5.95 Å². The number of carboxylic acid groups (broad SMARTS) is 1. The molecular formula is C20H15Cl3N2O5. The smallest absolute Gasteiger partial charge is 0.449 e. The molecule has 2 aromatic carbocycles. The van der Waals surface area contributed by atoms with Gasteiger partial charge in [0.25, 0.3) is 11.9 Å². The first-order valence-corrected chi connectivity index (χ1v) is 10.1. The number of ether oxygens (including phenoxy) is 1. The molecule has 156 valence electrons. The molecule has 1 aliphatic heterocycles. The van der Waals surface area contributed by atoms with Crippen LogP contribution in [0.3, 0.4) is 0 Å². The topological polar surface area (TPSA) is 83.2 Å². The number of hydrogen-bond acceptors (Lipinski definition) is 5. The van der Waals surface area contributed by atoms with Gasteiger partial charge < -0.3 is 24.1 Å². The monoisotopic (exact) mass is 468 g/mol. The van der Waals surface area contributed by atoms with E-state index in [1.165, 1.54) is 6.07 Å². The van der Waals surface area contributed by atoms with Gasteiger partial charge in [-0.2, -0.15) is 0 Å². The maximum atomic E-state index is 12.8. The molecule has 1 fully saturated rings. The first kappa shape index (κ1) is 20.7. The van der Waals surface area contributed by atoms with Gasteiger partial charge in [-0.05, 0) is 30.3 Å². The van der Waals surface area contributed by atoms with Crippen LogP contribution in [0.1, 0.15) is 10.4 Å². The number of hydrogen-bond donors (Lipinski definition) is 1. The van der Waals surface area contributed by atoms with Gasteiger partial charge in [-0.1, -0.05) is 34.8 Å². The highest BCUT2D eigenvalue weighted by atomic mass is 35.5. The van der Waals surface area contributed by atoms with Crippen molar-refractivity contribution >= 4 is 63.5 Å². The Morgan fingerprint density at radius 1 is 0.967 bits per heavy atom. The number of carbonyl (C=O) groups is 2. The van der Waals surface area contributed by atoms with Gasteiger partial charge in [0.2, 0.25) is 0 Å². The molecule has 1 aromatic heterocycles. The van der Waals surface area contributed by atoms with Crippen LogP contribution in [0.4, 0.5) is 10.5 Å². The maximum Gasteiger partial charge on any atom is 0.513 e. The van der Waals surface area contributed by atoms with Gasteiger partial charge in [-0.3, -0.25) is 4.79 Å². The lowest BCUT2D eigenvalue weighted by molar-refractivity contribution is 0.0746. The third-order valence-electron chi connectivity index (χ3n) is 4.80. The average Bonchev–Trinajstić information content (AvgIpc) is 3.10. The lowest BCUT2D eigenvalue weighted by Gasteiger charge is -2.36. The molecule has 0 bridgehead atoms. The summed E-state index contributed by atoms with van der Waals surface area (Å²) in [6, 6.07) is 9.73. The van der Waals surface area contributed by atoms with Gasteiger partial charge in [0.1, 0.15) is 5.58 Å². The van der Waals surface area contributed by atoms with Gasteiger partial charge >= 0.3 is 6.16 Å². The minimum Gasteiger partial charge on any atom is -0.449 e. The highest BCUT2D eigenvalue weighted by molar-refractivity contribution is 6.38. The summed E-state index contributed by atoms with van der Waals surface area (Å²) in [7, 11) is 0. The van der Waals surface area contributed by atoms with Crippen LogP contribution in [0.2, 0.25) is 15.1 Å². The van der Waals surface area contributed by atoms with E-state index < -0.39 is 6.16 Å². The number of halogens is 3. The van der Waals surface area contributed by atoms with Crippen molar-refractivity contribution in [2.75, 3.05) is 31.1 Å². The molecule has 3 aromatic rings. The number of amides is 1. The SMILES string of the molecule is O=C(O)Oc1cc2c(Cl)c(N3CCN(C(=O)c4cc(Cl)cc(Cl)c4)CC3)ccc2o1. The largest absolute Gasteiger partial charge is 0.513 e. The minimum atomic E-state index is -1.47. The van der Waals surface area contributed by atoms with E-state index in [0.29, 0.717) is 57.8 Å². The zero-order chi connectivity index (χ0) is 21.4. The van der Waals surface area contributed by atoms with Crippen LogP contribution >= 0.6 is 34.8 Å². The van der Waals surface area contributed by atoms with E-state index >= 15 is 0 Å². The number of benzene rings is 2. The average molecular weight is 470 g/mol. The van der Waals surface area contributed by atoms with E-state index in [4.69, 9.17) is 44.3 Å². The minimum absolute atomic E-state index is 0.133. The Balaban J connectivity index is 1.49. The number of furan rings is 1. The molecule has 1 N–H and O–H groups in total. The van der Waals surface area contributed by atoms with E-state index in [1.807, 2.05) is 0 Å². The Labute approximate surface area is 186 Å². The molecule has 10 heteroatoms. The fourth-order valence-corrected chi connectivity index (χ4v) is 4.29. The molecule has 2 heterocycles. The second-order valence-corrected chi connectivity index (χ2v) is 7.93. The highest BCUT2D eigenvalue weighted by Crippen LogP contribution is 2.37. The lowest BCUT2D eigenvalue weighted by atomic mass is 10.1. The summed E-state index contributed by atoms with van der Waals surface area (Å²) in [5.41, 5.74) is 1.64. The number of anilines is 1. The number of nitrogens with zero attached hydrogens (tertiary/aromatic N) is 2. The molecule has 0 atom stereocenters. The molecule has 30 heavy (non-hydrogen) atoms. The van der Waals surface area contributed by atoms with Gasteiger partial charge in [0.05, 0.1) is 10.7 Å². The van der Waals surface area contributed by atoms with Crippen molar-refractivity contribution in [1.29, 1.82) is 0 Å². The summed E-state index contributed by atoms with van der Waals surface area (Å²) >= 11 is 18.5. The van der Waals surface area contributed by atoms with E-state index in [9.17, 15) is 9.59 Å². The lowest BCUT2D eigenvalue weighted by Crippen LogP contribution is -2.48. The summed E-state index contributed by atoms with van der Waals surface area (Å²) in [5, 5.41) is 10.5. The fourth-order valence-electron chi connectivity index (χ4n) is 3.43. The molecule has 0 radical (unpaired) electrons. The van der Waals surface area contributed by atoms with Crippen LogP contribution in [-0.4, -0.2) is 48.2 Å². The summed E-state index contributed by atoms with van der Waals surface area (Å²) in [4.78, 5) is 27.3. The van der Waals surface area contributed by atoms with Crippen LogP contribution in [0.15, 0.2) is 40.8 Å². The molecule has 1 saturated heterocycles. The quantitative estimate of drug-likeness (QED) is 0.516. The number of rotatable bonds is 3. The Bertz CT molecular complexity index is 1120. The standard InChI is InChI=1S/C20H15Cl3N2O5/c21-12-7-11(8-13(22)9-12)19(26)25-5-3-24(4-6-25)15-1-2-16-14(18(15)23)10-17(29-16)30-20(27)28/h1-2,7-10H,3-6H2,(H,27,28). The van der Waals surface area contributed by atoms with Crippen LogP contribution in [0, 0.1) is 0 Å². The summed E-state index contributed by atoms with van der Waals surface area (Å²) in [6.07, 6.45) is -1.47. The zero-order valence-electron chi connectivity index (χ0n) is 15.4. The Hall–Kier alpha value is -2.61. The molecule has 1 amide bonds. The molecule has 0 unspecified atom stereocenters. The van der Waals surface area contributed by atoms with E-state index in [1.54, 1.807) is 35.2 Å². The highest BCUT2D eigenvalue weighted by Gasteiger charge is 2.25. The first-order chi connectivity index (χ1) is 14.3. The molecule has 7 nitrogen and oxygen atoms in total. The predicted molar refractivity (Wildman–Crippen MR) is 114 cm³/mol. The second-order valence-electron chi connectivity index (χ2n) is 6.68.